The van der Waals surface area contributed by atoms with Crippen LogP contribution in [0, 0.1) is 0 Å². The average Bonchev–Trinajstić information content (AvgIpc) is 4.07. The number of anilines is 3. The van der Waals surface area contributed by atoms with Crippen molar-refractivity contribution in [2.24, 2.45) is 0 Å². The van der Waals surface area contributed by atoms with Crippen molar-refractivity contribution in [3.63, 3.8) is 0 Å². The lowest BCUT2D eigenvalue weighted by molar-refractivity contribution is 0.659. The van der Waals surface area contributed by atoms with E-state index in [4.69, 9.17) is 4.42 Å². The zero-order valence-electron chi connectivity index (χ0n) is 39.1. The molecule has 3 heteroatoms. The topological polar surface area (TPSA) is 21.3 Å². The van der Waals surface area contributed by atoms with Crippen molar-refractivity contribution in [3.05, 3.63) is 241 Å². The molecule has 0 spiro atoms. The lowest BCUT2D eigenvalue weighted by Gasteiger charge is -2.30. The molecule has 0 fully saturated rings. The third-order valence-electron chi connectivity index (χ3n) is 15.6. The molecule has 2 aliphatic carbocycles. The van der Waals surface area contributed by atoms with Crippen LogP contribution in [0.4, 0.5) is 17.1 Å². The number of fused-ring (bicyclic) bond motifs is 12. The minimum absolute atomic E-state index is 0.206. The Hall–Kier alpha value is -8.40. The minimum Gasteiger partial charge on any atom is -0.455 e. The van der Waals surface area contributed by atoms with Crippen LogP contribution < -0.4 is 4.90 Å². The Bertz CT molecular complexity index is 4020. The van der Waals surface area contributed by atoms with Gasteiger partial charge in [0.05, 0.1) is 11.0 Å². The lowest BCUT2D eigenvalue weighted by atomic mass is 9.81. The van der Waals surface area contributed by atoms with E-state index in [2.05, 4.69) is 249 Å². The Morgan fingerprint density at radius 3 is 1.49 bits per heavy atom. The summed E-state index contributed by atoms with van der Waals surface area (Å²) in [5, 5.41) is 4.82. The maximum Gasteiger partial charge on any atom is 0.143 e. The minimum atomic E-state index is -0.256. The fourth-order valence-electron chi connectivity index (χ4n) is 12.1. The van der Waals surface area contributed by atoms with Gasteiger partial charge in [0.1, 0.15) is 11.2 Å². The normalized spacial score (nSPS) is 14.0. The smallest absolute Gasteiger partial charge is 0.143 e. The van der Waals surface area contributed by atoms with Gasteiger partial charge in [-0.05, 0) is 134 Å². The van der Waals surface area contributed by atoms with E-state index in [0.29, 0.717) is 0 Å². The largest absolute Gasteiger partial charge is 0.455 e. The molecule has 0 saturated carbocycles. The van der Waals surface area contributed by atoms with Crippen molar-refractivity contribution in [3.8, 4) is 50.2 Å². The molecule has 0 bridgehead atoms. The van der Waals surface area contributed by atoms with Crippen LogP contribution in [-0.4, -0.2) is 4.57 Å². The summed E-state index contributed by atoms with van der Waals surface area (Å²) in [4.78, 5) is 2.46. The highest BCUT2D eigenvalue weighted by atomic mass is 16.3. The van der Waals surface area contributed by atoms with Crippen molar-refractivity contribution >= 4 is 60.8 Å². The fourth-order valence-corrected chi connectivity index (χ4v) is 12.1. The van der Waals surface area contributed by atoms with E-state index in [1.165, 1.54) is 83.1 Å². The van der Waals surface area contributed by atoms with Gasteiger partial charge in [-0.2, -0.15) is 0 Å². The number of hydrogen-bond acceptors (Lipinski definition) is 2. The molecule has 69 heavy (non-hydrogen) atoms. The van der Waals surface area contributed by atoms with E-state index in [9.17, 15) is 0 Å². The molecule has 0 aliphatic heterocycles. The lowest BCUT2D eigenvalue weighted by Crippen LogP contribution is -2.18. The van der Waals surface area contributed by atoms with Gasteiger partial charge < -0.3 is 13.9 Å². The standard InChI is InChI=1S/C66H48N2O/c1-65(2)57-37-43(41-15-6-5-7-16-41)27-33-49(57)50-34-30-45(38-58(50)65)67(44-28-25-42(26-29-44)48-20-14-21-56-55-19-10-13-24-63(55)69-64(48)56)46-31-35-51-52-36-32-47(40-60(52)66(3,4)59(51)39-46)68-61-22-11-8-17-53(61)54-18-9-12-23-62(54)68/h5-40H,1-4H3. The molecule has 10 aromatic carbocycles. The summed E-state index contributed by atoms with van der Waals surface area (Å²) in [6.07, 6.45) is 0. The fraction of sp³-hybridized carbons (Fsp3) is 0.0909. The Morgan fingerprint density at radius 2 is 0.841 bits per heavy atom. The zero-order valence-corrected chi connectivity index (χ0v) is 39.1. The first-order valence-corrected chi connectivity index (χ1v) is 24.2. The molecule has 0 saturated heterocycles. The Kier molecular flexibility index (Phi) is 8.38. The summed E-state index contributed by atoms with van der Waals surface area (Å²) in [5.74, 6) is 0. The van der Waals surface area contributed by atoms with Crippen LogP contribution in [-0.2, 0) is 10.8 Å². The summed E-state index contributed by atoms with van der Waals surface area (Å²) in [6, 6.07) is 80.6. The number of benzene rings is 10. The summed E-state index contributed by atoms with van der Waals surface area (Å²) in [6.45, 7) is 9.56. The van der Waals surface area contributed by atoms with Gasteiger partial charge >= 0.3 is 0 Å². The number of para-hydroxylation sites is 4. The number of aromatic nitrogens is 1. The van der Waals surface area contributed by atoms with Gasteiger partial charge in [-0.3, -0.25) is 0 Å². The van der Waals surface area contributed by atoms with E-state index < -0.39 is 0 Å². The number of furan rings is 1. The van der Waals surface area contributed by atoms with Crippen molar-refractivity contribution in [1.29, 1.82) is 0 Å². The SMILES string of the molecule is CC1(C)c2cc(-c3ccccc3)ccc2-c2ccc(N(c3ccc(-c4cccc5c4oc4ccccc45)cc3)c3ccc4c(c3)C(C)(C)c3cc(-n5c6ccccc6c6ccccc65)ccc3-4)cc21. The molecule has 0 N–H and O–H groups in total. The van der Waals surface area contributed by atoms with Gasteiger partial charge in [-0.25, -0.2) is 0 Å². The number of rotatable bonds is 6. The van der Waals surface area contributed by atoms with Crippen molar-refractivity contribution in [1.82, 2.24) is 4.57 Å². The second kappa shape index (κ2) is 14.6. The average molecular weight is 885 g/mol. The second-order valence-electron chi connectivity index (χ2n) is 20.1. The molecule has 3 nitrogen and oxygen atoms in total. The predicted octanol–water partition coefficient (Wildman–Crippen LogP) is 18.1. The van der Waals surface area contributed by atoms with E-state index in [1.807, 2.05) is 6.07 Å². The summed E-state index contributed by atoms with van der Waals surface area (Å²) >= 11 is 0. The maximum absolute atomic E-state index is 6.52. The van der Waals surface area contributed by atoms with Gasteiger partial charge in [-0.15, -0.1) is 0 Å². The van der Waals surface area contributed by atoms with Gasteiger partial charge in [0.2, 0.25) is 0 Å². The van der Waals surface area contributed by atoms with Crippen molar-refractivity contribution in [2.75, 3.05) is 4.90 Å². The molecule has 0 radical (unpaired) electrons. The molecular weight excluding hydrogens is 837 g/mol. The third kappa shape index (κ3) is 5.80. The molecule has 0 atom stereocenters. The number of nitrogens with zero attached hydrogens (tertiary/aromatic N) is 2. The maximum atomic E-state index is 6.52. The van der Waals surface area contributed by atoms with E-state index in [0.717, 1.165) is 50.1 Å². The molecule has 12 aromatic rings. The van der Waals surface area contributed by atoms with Crippen LogP contribution in [0.3, 0.4) is 0 Å². The first kappa shape index (κ1) is 39.7. The molecule has 14 rings (SSSR count). The van der Waals surface area contributed by atoms with Crippen LogP contribution in [0.25, 0.3) is 93.9 Å². The first-order chi connectivity index (χ1) is 33.7. The molecule has 0 unspecified atom stereocenters. The van der Waals surface area contributed by atoms with Crippen LogP contribution in [0.2, 0.25) is 0 Å². The Balaban J connectivity index is 0.900. The molecule has 328 valence electrons. The van der Waals surface area contributed by atoms with Gasteiger partial charge in [0, 0.05) is 60.7 Å². The van der Waals surface area contributed by atoms with E-state index in [1.54, 1.807) is 0 Å². The van der Waals surface area contributed by atoms with E-state index >= 15 is 0 Å². The molecule has 2 heterocycles. The van der Waals surface area contributed by atoms with Gasteiger partial charge in [0.25, 0.3) is 0 Å². The second-order valence-corrected chi connectivity index (χ2v) is 20.1. The predicted molar refractivity (Wildman–Crippen MR) is 289 cm³/mol. The highest BCUT2D eigenvalue weighted by Crippen LogP contribution is 2.54. The number of hydrogen-bond donors (Lipinski definition) is 0. The monoisotopic (exact) mass is 884 g/mol. The van der Waals surface area contributed by atoms with Crippen LogP contribution in [0.1, 0.15) is 49.9 Å². The molecular formula is C66H48N2O. The van der Waals surface area contributed by atoms with Gasteiger partial charge in [-0.1, -0.05) is 173 Å². The molecule has 0 amide bonds. The van der Waals surface area contributed by atoms with Crippen LogP contribution in [0.15, 0.2) is 223 Å². The summed E-state index contributed by atoms with van der Waals surface area (Å²) in [7, 11) is 0. The van der Waals surface area contributed by atoms with Gasteiger partial charge in [0.15, 0.2) is 0 Å². The van der Waals surface area contributed by atoms with Crippen LogP contribution in [0.5, 0.6) is 0 Å². The molecule has 2 aliphatic rings. The third-order valence-corrected chi connectivity index (χ3v) is 15.6. The van der Waals surface area contributed by atoms with E-state index in [-0.39, 0.29) is 10.8 Å². The Labute approximate surface area is 402 Å². The Morgan fingerprint density at radius 1 is 0.348 bits per heavy atom. The highest BCUT2D eigenvalue weighted by Gasteiger charge is 2.38. The highest BCUT2D eigenvalue weighted by molar-refractivity contribution is 6.10. The summed E-state index contributed by atoms with van der Waals surface area (Å²) < 4.78 is 8.95. The molecule has 2 aromatic heterocycles. The van der Waals surface area contributed by atoms with Crippen LogP contribution >= 0.6 is 0 Å². The quantitative estimate of drug-likeness (QED) is 0.166. The first-order valence-electron chi connectivity index (χ1n) is 24.2. The van der Waals surface area contributed by atoms with Crippen molar-refractivity contribution in [2.45, 2.75) is 38.5 Å². The zero-order chi connectivity index (χ0) is 46.2. The summed E-state index contributed by atoms with van der Waals surface area (Å²) in [5.41, 5.74) is 23.6. The van der Waals surface area contributed by atoms with Crippen molar-refractivity contribution < 1.29 is 4.42 Å².